The maximum atomic E-state index is 11.4. The van der Waals surface area contributed by atoms with Gasteiger partial charge in [-0.2, -0.15) is 0 Å². The third kappa shape index (κ3) is 1.96. The van der Waals surface area contributed by atoms with Crippen molar-refractivity contribution in [2.45, 2.75) is 65.1 Å². The first-order valence-electron chi connectivity index (χ1n) is 6.20. The fourth-order valence-electron chi connectivity index (χ4n) is 2.65. The number of hydrogen-bond acceptors (Lipinski definition) is 2. The average molecular weight is 210 g/mol. The lowest BCUT2D eigenvalue weighted by atomic mass is 9.67. The maximum absolute atomic E-state index is 11.4. The highest BCUT2D eigenvalue weighted by Gasteiger charge is 2.49. The van der Waals surface area contributed by atoms with Gasteiger partial charge in [-0.05, 0) is 18.8 Å². The van der Waals surface area contributed by atoms with Gasteiger partial charge in [0.2, 0.25) is 0 Å². The molecule has 3 unspecified atom stereocenters. The zero-order chi connectivity index (χ0) is 11.1. The molecule has 0 aliphatic heterocycles. The largest absolute Gasteiger partial charge is 0.373 e. The van der Waals surface area contributed by atoms with Crippen LogP contribution in [0.15, 0.2) is 0 Å². The molecular formula is C13H22O2. The van der Waals surface area contributed by atoms with Gasteiger partial charge in [0.25, 0.3) is 0 Å². The van der Waals surface area contributed by atoms with Crippen molar-refractivity contribution < 1.29 is 9.53 Å². The molecule has 0 bridgehead atoms. The van der Waals surface area contributed by atoms with E-state index in [0.717, 1.165) is 0 Å². The van der Waals surface area contributed by atoms with E-state index in [9.17, 15) is 4.79 Å². The molecule has 0 N–H and O–H groups in total. The Hall–Kier alpha value is -0.370. The second kappa shape index (κ2) is 3.89. The Kier molecular flexibility index (Phi) is 2.89. The van der Waals surface area contributed by atoms with Crippen LogP contribution in [0.2, 0.25) is 0 Å². The summed E-state index contributed by atoms with van der Waals surface area (Å²) in [6, 6.07) is 0. The third-order valence-electron chi connectivity index (χ3n) is 4.27. The van der Waals surface area contributed by atoms with Crippen LogP contribution in [-0.4, -0.2) is 18.0 Å². The molecule has 2 fully saturated rings. The Balaban J connectivity index is 1.89. The Labute approximate surface area is 92.4 Å². The van der Waals surface area contributed by atoms with Crippen LogP contribution >= 0.6 is 0 Å². The standard InChI is InChI=1S/C13H22O2/c1-9-6-4-5-7-10(9)15-12-8-11(14)13(12,2)3/h9-10,12H,4-8H2,1-3H3. The van der Waals surface area contributed by atoms with Gasteiger partial charge in [-0.3, -0.25) is 4.79 Å². The maximum Gasteiger partial charge on any atom is 0.143 e. The van der Waals surface area contributed by atoms with Crippen LogP contribution in [0.3, 0.4) is 0 Å². The molecule has 15 heavy (non-hydrogen) atoms. The summed E-state index contributed by atoms with van der Waals surface area (Å²) in [7, 11) is 0. The normalized spacial score (nSPS) is 39.9. The summed E-state index contributed by atoms with van der Waals surface area (Å²) in [5, 5.41) is 0. The number of carbonyl (C=O) groups is 1. The molecule has 0 radical (unpaired) electrons. The number of rotatable bonds is 2. The van der Waals surface area contributed by atoms with Gasteiger partial charge in [-0.15, -0.1) is 0 Å². The summed E-state index contributed by atoms with van der Waals surface area (Å²) in [6.45, 7) is 6.30. The number of Topliss-reactive ketones (excluding diaryl/α,β-unsaturated/α-hetero) is 1. The molecule has 0 aromatic heterocycles. The predicted molar refractivity (Wildman–Crippen MR) is 59.7 cm³/mol. The lowest BCUT2D eigenvalue weighted by Crippen LogP contribution is -2.53. The minimum absolute atomic E-state index is 0.176. The fourth-order valence-corrected chi connectivity index (χ4v) is 2.65. The molecule has 2 rings (SSSR count). The Bertz CT molecular complexity index is 257. The van der Waals surface area contributed by atoms with Gasteiger partial charge < -0.3 is 4.74 Å². The van der Waals surface area contributed by atoms with Crippen molar-refractivity contribution in [2.24, 2.45) is 11.3 Å². The van der Waals surface area contributed by atoms with Gasteiger partial charge in [0.15, 0.2) is 0 Å². The van der Waals surface area contributed by atoms with Gasteiger partial charge in [0, 0.05) is 6.42 Å². The van der Waals surface area contributed by atoms with Crippen molar-refractivity contribution in [1.82, 2.24) is 0 Å². The first-order valence-corrected chi connectivity index (χ1v) is 6.20. The molecule has 0 spiro atoms. The zero-order valence-corrected chi connectivity index (χ0v) is 10.1. The SMILES string of the molecule is CC1CCCCC1OC1CC(=O)C1(C)C. The monoisotopic (exact) mass is 210 g/mol. The highest BCUT2D eigenvalue weighted by Crippen LogP contribution is 2.41. The van der Waals surface area contributed by atoms with Gasteiger partial charge in [0.05, 0.1) is 17.6 Å². The molecule has 3 atom stereocenters. The molecule has 0 saturated heterocycles. The second-order valence-electron chi connectivity index (χ2n) is 5.77. The van der Waals surface area contributed by atoms with E-state index in [0.29, 0.717) is 24.2 Å². The molecule has 0 amide bonds. The third-order valence-corrected chi connectivity index (χ3v) is 4.27. The predicted octanol–water partition coefficient (Wildman–Crippen LogP) is 2.95. The molecule has 0 aromatic rings. The Morgan fingerprint density at radius 2 is 1.93 bits per heavy atom. The molecule has 2 aliphatic rings. The number of carbonyl (C=O) groups excluding carboxylic acids is 1. The van der Waals surface area contributed by atoms with E-state index < -0.39 is 0 Å². The smallest absolute Gasteiger partial charge is 0.143 e. The van der Waals surface area contributed by atoms with E-state index >= 15 is 0 Å². The van der Waals surface area contributed by atoms with Gasteiger partial charge in [0.1, 0.15) is 5.78 Å². The van der Waals surface area contributed by atoms with Gasteiger partial charge >= 0.3 is 0 Å². The number of ether oxygens (including phenoxy) is 1. The van der Waals surface area contributed by atoms with Crippen LogP contribution in [0.25, 0.3) is 0 Å². The number of ketones is 1. The van der Waals surface area contributed by atoms with Crippen molar-refractivity contribution in [3.63, 3.8) is 0 Å². The molecule has 0 aromatic carbocycles. The summed E-state index contributed by atoms with van der Waals surface area (Å²) < 4.78 is 6.10. The summed E-state index contributed by atoms with van der Waals surface area (Å²) in [6.07, 6.45) is 6.31. The van der Waals surface area contributed by atoms with Gasteiger partial charge in [-0.25, -0.2) is 0 Å². The molecular weight excluding hydrogens is 188 g/mol. The Morgan fingerprint density at radius 1 is 1.27 bits per heavy atom. The van der Waals surface area contributed by atoms with Crippen LogP contribution in [0.4, 0.5) is 0 Å². The van der Waals surface area contributed by atoms with Crippen molar-refractivity contribution in [1.29, 1.82) is 0 Å². The summed E-state index contributed by atoms with van der Waals surface area (Å²) in [5.41, 5.74) is -0.225. The van der Waals surface area contributed by atoms with E-state index in [4.69, 9.17) is 4.74 Å². The molecule has 2 saturated carbocycles. The molecule has 2 aliphatic carbocycles. The van der Waals surface area contributed by atoms with Crippen LogP contribution < -0.4 is 0 Å². The first-order chi connectivity index (χ1) is 7.01. The van der Waals surface area contributed by atoms with Crippen molar-refractivity contribution in [2.75, 3.05) is 0 Å². The highest BCUT2D eigenvalue weighted by atomic mass is 16.5. The average Bonchev–Trinajstić information content (AvgIpc) is 2.20. The van der Waals surface area contributed by atoms with E-state index in [-0.39, 0.29) is 11.5 Å². The second-order valence-corrected chi connectivity index (χ2v) is 5.77. The molecule has 0 heterocycles. The van der Waals surface area contributed by atoms with E-state index in [2.05, 4.69) is 6.92 Å². The summed E-state index contributed by atoms with van der Waals surface area (Å²) in [5.74, 6) is 1.03. The first kappa shape index (κ1) is 11.1. The van der Waals surface area contributed by atoms with Crippen LogP contribution in [0, 0.1) is 11.3 Å². The van der Waals surface area contributed by atoms with Crippen molar-refractivity contribution in [3.8, 4) is 0 Å². The van der Waals surface area contributed by atoms with E-state index in [1.807, 2.05) is 13.8 Å². The molecule has 2 heteroatoms. The summed E-state index contributed by atoms with van der Waals surface area (Å²) >= 11 is 0. The van der Waals surface area contributed by atoms with Crippen LogP contribution in [0.5, 0.6) is 0 Å². The van der Waals surface area contributed by atoms with E-state index in [1.165, 1.54) is 25.7 Å². The molecule has 2 nitrogen and oxygen atoms in total. The lowest BCUT2D eigenvalue weighted by Gasteiger charge is -2.45. The van der Waals surface area contributed by atoms with E-state index in [1.54, 1.807) is 0 Å². The van der Waals surface area contributed by atoms with Crippen LogP contribution in [0.1, 0.15) is 52.9 Å². The zero-order valence-electron chi connectivity index (χ0n) is 10.1. The van der Waals surface area contributed by atoms with Gasteiger partial charge in [-0.1, -0.05) is 33.6 Å². The van der Waals surface area contributed by atoms with Crippen molar-refractivity contribution in [3.05, 3.63) is 0 Å². The summed E-state index contributed by atoms with van der Waals surface area (Å²) in [4.78, 5) is 11.4. The van der Waals surface area contributed by atoms with Crippen LogP contribution in [-0.2, 0) is 9.53 Å². The van der Waals surface area contributed by atoms with Crippen molar-refractivity contribution >= 4 is 5.78 Å². The number of hydrogen-bond donors (Lipinski definition) is 0. The topological polar surface area (TPSA) is 26.3 Å². The molecule has 86 valence electrons. The quantitative estimate of drug-likeness (QED) is 0.700. The lowest BCUT2D eigenvalue weighted by molar-refractivity contribution is -0.172. The fraction of sp³-hybridized carbons (Fsp3) is 0.923. The highest BCUT2D eigenvalue weighted by molar-refractivity contribution is 5.91. The minimum atomic E-state index is -0.225. The minimum Gasteiger partial charge on any atom is -0.373 e. The Morgan fingerprint density at radius 3 is 2.47 bits per heavy atom.